The van der Waals surface area contributed by atoms with Crippen molar-refractivity contribution in [1.82, 2.24) is 14.8 Å². The van der Waals surface area contributed by atoms with Crippen molar-refractivity contribution in [2.75, 3.05) is 11.1 Å². The number of anilines is 2. The summed E-state index contributed by atoms with van der Waals surface area (Å²) >= 11 is 4.27. The van der Waals surface area contributed by atoms with Crippen LogP contribution < -0.4 is 11.1 Å². The van der Waals surface area contributed by atoms with Crippen LogP contribution in [0.2, 0.25) is 0 Å². The van der Waals surface area contributed by atoms with Gasteiger partial charge in [0.05, 0.1) is 0 Å². The molecular formula is C8H6BrN5OS. The summed E-state index contributed by atoms with van der Waals surface area (Å²) < 4.78 is 4.28. The quantitative estimate of drug-likeness (QED) is 0.820. The number of amides is 1. The van der Waals surface area contributed by atoms with Gasteiger partial charge in [-0.25, -0.2) is 0 Å². The van der Waals surface area contributed by atoms with Gasteiger partial charge in [0.15, 0.2) is 0 Å². The Morgan fingerprint density at radius 2 is 2.25 bits per heavy atom. The van der Waals surface area contributed by atoms with E-state index in [1.54, 1.807) is 18.2 Å². The van der Waals surface area contributed by atoms with E-state index in [4.69, 9.17) is 5.73 Å². The van der Waals surface area contributed by atoms with Crippen LogP contribution in [0.5, 0.6) is 0 Å². The van der Waals surface area contributed by atoms with Gasteiger partial charge >= 0.3 is 0 Å². The van der Waals surface area contributed by atoms with Crippen LogP contribution in [0.3, 0.4) is 0 Å². The number of carbonyl (C=O) groups excluding carboxylic acids is 1. The zero-order valence-electron chi connectivity index (χ0n) is 7.85. The zero-order chi connectivity index (χ0) is 11.5. The summed E-state index contributed by atoms with van der Waals surface area (Å²) in [6.07, 6.45) is 0. The fraction of sp³-hybridized carbons (Fsp3) is 0. The fourth-order valence-corrected chi connectivity index (χ4v) is 1.97. The highest BCUT2D eigenvalue weighted by Crippen LogP contribution is 2.18. The lowest BCUT2D eigenvalue weighted by Gasteiger charge is -2.02. The lowest BCUT2D eigenvalue weighted by molar-refractivity contribution is 0.102. The van der Waals surface area contributed by atoms with E-state index in [0.717, 1.165) is 16.0 Å². The summed E-state index contributed by atoms with van der Waals surface area (Å²) in [5.74, 6) is -0.299. The maximum absolute atomic E-state index is 11.7. The van der Waals surface area contributed by atoms with E-state index >= 15 is 0 Å². The molecule has 1 amide bonds. The van der Waals surface area contributed by atoms with Crippen molar-refractivity contribution in [3.8, 4) is 0 Å². The van der Waals surface area contributed by atoms with Crippen LogP contribution in [0.25, 0.3) is 0 Å². The standard InChI is InChI=1S/C8H6BrN5OS/c9-5-1-4(2-6(10)3-5)7(15)11-8-12-13-14-16-8/h1-3H,10H2,(H,11,12,14,15). The normalized spacial score (nSPS) is 10.1. The molecule has 2 rings (SSSR count). The Balaban J connectivity index is 2.21. The molecule has 1 aromatic heterocycles. The van der Waals surface area contributed by atoms with Crippen molar-refractivity contribution in [2.45, 2.75) is 0 Å². The predicted molar refractivity (Wildman–Crippen MR) is 64.2 cm³/mol. The van der Waals surface area contributed by atoms with Crippen LogP contribution in [0.1, 0.15) is 10.4 Å². The van der Waals surface area contributed by atoms with E-state index in [1.807, 2.05) is 0 Å². The number of hydrogen-bond acceptors (Lipinski definition) is 6. The minimum atomic E-state index is -0.299. The van der Waals surface area contributed by atoms with Crippen molar-refractivity contribution < 1.29 is 4.79 Å². The highest BCUT2D eigenvalue weighted by Gasteiger charge is 2.09. The highest BCUT2D eigenvalue weighted by molar-refractivity contribution is 9.10. The van der Waals surface area contributed by atoms with Crippen LogP contribution in [-0.2, 0) is 0 Å². The average Bonchev–Trinajstić information content (AvgIpc) is 2.68. The molecule has 0 aliphatic carbocycles. The molecule has 3 N–H and O–H groups in total. The molecule has 16 heavy (non-hydrogen) atoms. The van der Waals surface area contributed by atoms with E-state index < -0.39 is 0 Å². The van der Waals surface area contributed by atoms with Crippen LogP contribution in [0.15, 0.2) is 22.7 Å². The van der Waals surface area contributed by atoms with Gasteiger partial charge in [0.2, 0.25) is 5.13 Å². The third-order valence-corrected chi connectivity index (χ3v) is 2.67. The predicted octanol–water partition coefficient (Wildman–Crippen LogP) is 1.53. The number of nitrogens with two attached hydrogens (primary N) is 1. The van der Waals surface area contributed by atoms with E-state index in [0.29, 0.717) is 16.4 Å². The number of nitrogens with one attached hydrogen (secondary N) is 1. The second-order valence-electron chi connectivity index (χ2n) is 2.89. The average molecular weight is 300 g/mol. The van der Waals surface area contributed by atoms with E-state index in [1.165, 1.54) is 0 Å². The van der Waals surface area contributed by atoms with Crippen LogP contribution in [0, 0.1) is 0 Å². The first-order valence-corrected chi connectivity index (χ1v) is 5.74. The number of nitrogens with zero attached hydrogens (tertiary/aromatic N) is 3. The summed E-state index contributed by atoms with van der Waals surface area (Å²) in [6.45, 7) is 0. The van der Waals surface area contributed by atoms with E-state index in [2.05, 4.69) is 36.0 Å². The Labute approximate surface area is 103 Å². The SMILES string of the molecule is Nc1cc(Br)cc(C(=O)Nc2nnns2)c1. The van der Waals surface area contributed by atoms with Gasteiger partial charge in [-0.05, 0) is 23.4 Å². The molecule has 0 saturated heterocycles. The molecule has 8 heteroatoms. The van der Waals surface area contributed by atoms with Crippen molar-refractivity contribution in [2.24, 2.45) is 0 Å². The molecule has 1 aromatic carbocycles. The third-order valence-electron chi connectivity index (χ3n) is 1.70. The summed E-state index contributed by atoms with van der Waals surface area (Å²) in [4.78, 5) is 11.7. The van der Waals surface area contributed by atoms with E-state index in [-0.39, 0.29) is 5.91 Å². The Hall–Kier alpha value is -1.54. The van der Waals surface area contributed by atoms with Crippen LogP contribution in [0.4, 0.5) is 10.8 Å². The fourth-order valence-electron chi connectivity index (χ4n) is 1.09. The molecule has 1 heterocycles. The molecule has 0 atom stereocenters. The molecule has 6 nitrogen and oxygen atoms in total. The van der Waals surface area contributed by atoms with Gasteiger partial charge < -0.3 is 5.73 Å². The molecule has 2 aromatic rings. The van der Waals surface area contributed by atoms with Gasteiger partial charge in [0.25, 0.3) is 5.91 Å². The maximum Gasteiger partial charge on any atom is 0.257 e. The Kier molecular flexibility index (Phi) is 3.11. The zero-order valence-corrected chi connectivity index (χ0v) is 10.2. The lowest BCUT2D eigenvalue weighted by atomic mass is 10.2. The number of benzene rings is 1. The number of rotatable bonds is 2. The Morgan fingerprint density at radius 3 is 2.88 bits per heavy atom. The number of carbonyl (C=O) groups is 1. The molecule has 0 aliphatic heterocycles. The van der Waals surface area contributed by atoms with Crippen LogP contribution in [-0.4, -0.2) is 20.7 Å². The number of nitrogen functional groups attached to an aromatic ring is 1. The lowest BCUT2D eigenvalue weighted by Crippen LogP contribution is -2.12. The number of hydrogen-bond donors (Lipinski definition) is 2. The van der Waals surface area contributed by atoms with Crippen molar-refractivity contribution >= 4 is 44.2 Å². The topological polar surface area (TPSA) is 93.8 Å². The number of aromatic nitrogens is 3. The van der Waals surface area contributed by atoms with Crippen molar-refractivity contribution in [1.29, 1.82) is 0 Å². The second-order valence-corrected chi connectivity index (χ2v) is 4.54. The molecule has 0 radical (unpaired) electrons. The summed E-state index contributed by atoms with van der Waals surface area (Å²) in [5.41, 5.74) is 6.58. The smallest absolute Gasteiger partial charge is 0.257 e. The van der Waals surface area contributed by atoms with Crippen LogP contribution >= 0.6 is 27.5 Å². The summed E-state index contributed by atoms with van der Waals surface area (Å²) in [7, 11) is 0. The molecule has 0 fully saturated rings. The molecule has 0 bridgehead atoms. The van der Waals surface area contributed by atoms with Gasteiger partial charge in [-0.2, -0.15) is 0 Å². The Morgan fingerprint density at radius 1 is 1.44 bits per heavy atom. The van der Waals surface area contributed by atoms with Gasteiger partial charge in [0, 0.05) is 27.3 Å². The molecule has 0 saturated carbocycles. The van der Waals surface area contributed by atoms with Crippen molar-refractivity contribution in [3.63, 3.8) is 0 Å². The van der Waals surface area contributed by atoms with Gasteiger partial charge in [0.1, 0.15) is 0 Å². The highest BCUT2D eigenvalue weighted by atomic mass is 79.9. The molecule has 0 aliphatic rings. The molecular weight excluding hydrogens is 294 g/mol. The first-order chi connectivity index (χ1) is 7.65. The third kappa shape index (κ3) is 2.52. The second kappa shape index (κ2) is 4.54. The number of halogens is 1. The first-order valence-electron chi connectivity index (χ1n) is 4.17. The first kappa shape index (κ1) is 11.0. The molecule has 0 unspecified atom stereocenters. The monoisotopic (exact) mass is 299 g/mol. The molecule has 82 valence electrons. The van der Waals surface area contributed by atoms with E-state index in [9.17, 15) is 4.79 Å². The molecule has 0 spiro atoms. The summed E-state index contributed by atoms with van der Waals surface area (Å²) in [6, 6.07) is 4.96. The minimum Gasteiger partial charge on any atom is -0.399 e. The van der Waals surface area contributed by atoms with Gasteiger partial charge in [-0.1, -0.05) is 25.5 Å². The van der Waals surface area contributed by atoms with Crippen molar-refractivity contribution in [3.05, 3.63) is 28.2 Å². The minimum absolute atomic E-state index is 0.299. The largest absolute Gasteiger partial charge is 0.399 e. The summed E-state index contributed by atoms with van der Waals surface area (Å²) in [5, 5.41) is 9.89. The van der Waals surface area contributed by atoms with Gasteiger partial charge in [-0.3, -0.25) is 10.1 Å². The maximum atomic E-state index is 11.7. The Bertz CT molecular complexity index is 495. The van der Waals surface area contributed by atoms with Gasteiger partial charge in [-0.15, -0.1) is 0 Å².